The Morgan fingerprint density at radius 1 is 1.03 bits per heavy atom. The van der Waals surface area contributed by atoms with Crippen molar-refractivity contribution in [1.82, 2.24) is 4.90 Å². The molecule has 2 aromatic rings. The van der Waals surface area contributed by atoms with Crippen molar-refractivity contribution in [2.45, 2.75) is 20.8 Å². The molecule has 0 unspecified atom stereocenters. The van der Waals surface area contributed by atoms with E-state index >= 15 is 0 Å². The van der Waals surface area contributed by atoms with Gasteiger partial charge in [-0.3, -0.25) is 9.69 Å². The molecule has 32 heavy (non-hydrogen) atoms. The first-order valence-electron chi connectivity index (χ1n) is 10.4. The van der Waals surface area contributed by atoms with Gasteiger partial charge in [-0.15, -0.1) is 0 Å². The zero-order valence-electron chi connectivity index (χ0n) is 18.3. The number of carbonyl (C=O) groups is 1. The molecule has 0 spiro atoms. The molecule has 1 heterocycles. The zero-order valence-corrected chi connectivity index (χ0v) is 19.1. The molecule has 1 aliphatic rings. The number of hydrogen-bond donors (Lipinski definition) is 0. The minimum atomic E-state index is -0.0926. The lowest BCUT2D eigenvalue weighted by Gasteiger charge is -2.12. The summed E-state index contributed by atoms with van der Waals surface area (Å²) in [5, 5.41) is 9.38. The number of likely N-dealkylation sites (N-methyl/N-ethyl adjacent to an activating group) is 1. The Morgan fingerprint density at radius 2 is 1.78 bits per heavy atom. The Morgan fingerprint density at radius 3 is 2.44 bits per heavy atom. The first-order valence-corrected chi connectivity index (χ1v) is 11.2. The molecule has 0 atom stereocenters. The lowest BCUT2D eigenvalue weighted by atomic mass is 10.2. The molecule has 1 fully saturated rings. The number of nitrogens with zero attached hydrogens (tertiary/aromatic N) is 3. The van der Waals surface area contributed by atoms with Crippen LogP contribution in [-0.2, 0) is 4.79 Å². The van der Waals surface area contributed by atoms with Crippen LogP contribution in [0.25, 0.3) is 6.08 Å². The molecule has 0 aromatic heterocycles. The van der Waals surface area contributed by atoms with Gasteiger partial charge in [0.1, 0.15) is 11.8 Å². The van der Waals surface area contributed by atoms with E-state index in [1.165, 1.54) is 11.8 Å². The second-order valence-electron chi connectivity index (χ2n) is 6.57. The minimum Gasteiger partial charge on any atom is -0.494 e. The van der Waals surface area contributed by atoms with Crippen molar-refractivity contribution in [2.75, 3.05) is 26.4 Å². The molecule has 0 N–H and O–H groups in total. The van der Waals surface area contributed by atoms with Crippen LogP contribution in [0.5, 0.6) is 17.2 Å². The molecule has 8 heteroatoms. The Kier molecular flexibility index (Phi) is 8.17. The smallest absolute Gasteiger partial charge is 0.266 e. The van der Waals surface area contributed by atoms with Gasteiger partial charge in [-0.25, -0.2) is 4.99 Å². The van der Waals surface area contributed by atoms with E-state index in [-0.39, 0.29) is 12.5 Å². The van der Waals surface area contributed by atoms with Gasteiger partial charge in [0.2, 0.25) is 0 Å². The summed E-state index contributed by atoms with van der Waals surface area (Å²) in [5.41, 5.74) is 1.55. The van der Waals surface area contributed by atoms with E-state index in [1.54, 1.807) is 17.0 Å². The molecule has 1 aliphatic heterocycles. The van der Waals surface area contributed by atoms with Crippen molar-refractivity contribution >= 4 is 34.6 Å². The second-order valence-corrected chi connectivity index (χ2v) is 7.58. The molecule has 0 radical (unpaired) electrons. The monoisotopic (exact) mass is 451 g/mol. The summed E-state index contributed by atoms with van der Waals surface area (Å²) in [6.45, 7) is 7.25. The number of benzene rings is 2. The molecule has 0 saturated carbocycles. The summed E-state index contributed by atoms with van der Waals surface area (Å²) < 4.78 is 16.5. The molecule has 3 rings (SSSR count). The number of carbonyl (C=O) groups excluding carboxylic acids is 1. The molecule has 1 saturated heterocycles. The second kappa shape index (κ2) is 11.3. The Balaban J connectivity index is 1.86. The Hall–Kier alpha value is -3.44. The molecular formula is C24H25N3O4S. The summed E-state index contributed by atoms with van der Waals surface area (Å²) in [4.78, 5) is 19.8. The molecule has 0 bridgehead atoms. The molecule has 0 aliphatic carbocycles. The van der Waals surface area contributed by atoms with Crippen LogP contribution in [0.2, 0.25) is 0 Å². The number of ether oxygens (including phenoxy) is 3. The van der Waals surface area contributed by atoms with E-state index < -0.39 is 0 Å². The van der Waals surface area contributed by atoms with Crippen molar-refractivity contribution in [3.8, 4) is 23.3 Å². The van der Waals surface area contributed by atoms with Crippen molar-refractivity contribution in [2.24, 2.45) is 4.99 Å². The zero-order chi connectivity index (χ0) is 22.9. The Labute approximate surface area is 192 Å². The first kappa shape index (κ1) is 23.2. The number of amides is 1. The average molecular weight is 452 g/mol. The van der Waals surface area contributed by atoms with E-state index in [1.807, 2.05) is 63.2 Å². The third-order valence-electron chi connectivity index (χ3n) is 4.43. The van der Waals surface area contributed by atoms with Gasteiger partial charge in [0.25, 0.3) is 5.91 Å². The van der Waals surface area contributed by atoms with Crippen LogP contribution >= 0.6 is 11.8 Å². The van der Waals surface area contributed by atoms with E-state index in [4.69, 9.17) is 19.5 Å². The number of thioether (sulfide) groups is 1. The van der Waals surface area contributed by atoms with Gasteiger partial charge in [-0.2, -0.15) is 5.26 Å². The third-order valence-corrected chi connectivity index (χ3v) is 5.44. The maximum Gasteiger partial charge on any atom is 0.266 e. The number of nitriles is 1. The highest BCUT2D eigenvalue weighted by Crippen LogP contribution is 2.36. The topological polar surface area (TPSA) is 84.1 Å². The lowest BCUT2D eigenvalue weighted by molar-refractivity contribution is -0.122. The van der Waals surface area contributed by atoms with Crippen LogP contribution in [0.3, 0.4) is 0 Å². The standard InChI is InChI=1S/C24H25N3O4S/c1-4-27-23(28)22(32-24(27)26-18-8-10-19(11-9-18)29-5-2)16-17-7-12-20(31-14-13-25)21(15-17)30-6-3/h7-12,15-16H,4-6,14H2,1-3H3/b22-16-,26-24?. The number of hydrogen-bond acceptors (Lipinski definition) is 7. The maximum absolute atomic E-state index is 12.9. The number of aliphatic imine (C=N–C) groups is 1. The molecule has 7 nitrogen and oxygen atoms in total. The maximum atomic E-state index is 12.9. The number of amidine groups is 1. The minimum absolute atomic E-state index is 0.0638. The van der Waals surface area contributed by atoms with Gasteiger partial charge < -0.3 is 14.2 Å². The van der Waals surface area contributed by atoms with Crippen LogP contribution < -0.4 is 14.2 Å². The van der Waals surface area contributed by atoms with E-state index in [0.29, 0.717) is 41.3 Å². The van der Waals surface area contributed by atoms with Crippen LogP contribution in [-0.4, -0.2) is 42.3 Å². The summed E-state index contributed by atoms with van der Waals surface area (Å²) >= 11 is 1.33. The summed E-state index contributed by atoms with van der Waals surface area (Å²) in [5.74, 6) is 1.72. The van der Waals surface area contributed by atoms with Crippen molar-refractivity contribution in [1.29, 1.82) is 5.26 Å². The predicted molar refractivity (Wildman–Crippen MR) is 126 cm³/mol. The van der Waals surface area contributed by atoms with E-state index in [9.17, 15) is 4.79 Å². The molecular weight excluding hydrogens is 426 g/mol. The fourth-order valence-electron chi connectivity index (χ4n) is 3.03. The van der Waals surface area contributed by atoms with Crippen molar-refractivity contribution in [3.63, 3.8) is 0 Å². The third kappa shape index (κ3) is 5.62. The van der Waals surface area contributed by atoms with Gasteiger partial charge >= 0.3 is 0 Å². The fourth-order valence-corrected chi connectivity index (χ4v) is 4.09. The van der Waals surface area contributed by atoms with Crippen LogP contribution in [0.4, 0.5) is 5.69 Å². The van der Waals surface area contributed by atoms with Crippen LogP contribution in [0.15, 0.2) is 52.4 Å². The first-order chi connectivity index (χ1) is 15.6. The average Bonchev–Trinajstić information content (AvgIpc) is 3.08. The van der Waals surface area contributed by atoms with Gasteiger partial charge in [-0.05, 0) is 80.6 Å². The summed E-state index contributed by atoms with van der Waals surface area (Å²) in [6.07, 6.45) is 1.81. The summed E-state index contributed by atoms with van der Waals surface area (Å²) in [6, 6.07) is 14.8. The van der Waals surface area contributed by atoms with Crippen molar-refractivity contribution in [3.05, 3.63) is 52.9 Å². The van der Waals surface area contributed by atoms with Gasteiger partial charge in [0.05, 0.1) is 23.8 Å². The van der Waals surface area contributed by atoms with Gasteiger partial charge in [0, 0.05) is 6.54 Å². The van der Waals surface area contributed by atoms with Crippen LogP contribution in [0, 0.1) is 11.3 Å². The number of rotatable bonds is 9. The Bertz CT molecular complexity index is 1060. The lowest BCUT2D eigenvalue weighted by Crippen LogP contribution is -2.28. The highest BCUT2D eigenvalue weighted by atomic mass is 32.2. The molecule has 2 aromatic carbocycles. The normalized spacial score (nSPS) is 15.8. The van der Waals surface area contributed by atoms with E-state index in [0.717, 1.165) is 17.0 Å². The predicted octanol–water partition coefficient (Wildman–Crippen LogP) is 5.01. The molecule has 1 amide bonds. The fraction of sp³-hybridized carbons (Fsp3) is 0.292. The van der Waals surface area contributed by atoms with Gasteiger partial charge in [-0.1, -0.05) is 6.07 Å². The summed E-state index contributed by atoms with van der Waals surface area (Å²) in [7, 11) is 0. The highest BCUT2D eigenvalue weighted by molar-refractivity contribution is 8.18. The SMILES string of the molecule is CCOc1ccc(N=C2S/C(=C\c3ccc(OCC#N)c(OCC)c3)C(=O)N2CC)cc1. The largest absolute Gasteiger partial charge is 0.494 e. The molecule has 166 valence electrons. The van der Waals surface area contributed by atoms with Gasteiger partial charge in [0.15, 0.2) is 23.3 Å². The van der Waals surface area contributed by atoms with Crippen molar-refractivity contribution < 1.29 is 19.0 Å². The quantitative estimate of drug-likeness (QED) is 0.498. The van der Waals surface area contributed by atoms with Crippen LogP contribution in [0.1, 0.15) is 26.3 Å². The highest BCUT2D eigenvalue weighted by Gasteiger charge is 2.32. The van der Waals surface area contributed by atoms with E-state index in [2.05, 4.69) is 4.99 Å².